The van der Waals surface area contributed by atoms with Crippen LogP contribution in [0.15, 0.2) is 0 Å². The van der Waals surface area contributed by atoms with Crippen molar-refractivity contribution in [2.75, 3.05) is 26.7 Å². The molecule has 92 valence electrons. The molecule has 0 aromatic rings. The van der Waals surface area contributed by atoms with E-state index in [0.29, 0.717) is 6.42 Å². The van der Waals surface area contributed by atoms with Gasteiger partial charge in [-0.1, -0.05) is 6.92 Å². The van der Waals surface area contributed by atoms with Crippen molar-refractivity contribution in [3.63, 3.8) is 0 Å². The van der Waals surface area contributed by atoms with Crippen LogP contribution in [0.4, 0.5) is 0 Å². The number of likely N-dealkylation sites (N-methyl/N-ethyl adjacent to an activating group) is 1. The summed E-state index contributed by atoms with van der Waals surface area (Å²) in [6.45, 7) is 4.52. The summed E-state index contributed by atoms with van der Waals surface area (Å²) >= 11 is 0. The molecule has 1 amide bonds. The second-order valence-corrected chi connectivity index (χ2v) is 4.24. The van der Waals surface area contributed by atoms with Crippen LogP contribution in [-0.2, 0) is 9.59 Å². The number of piperazine rings is 1. The van der Waals surface area contributed by atoms with E-state index in [-0.39, 0.29) is 18.4 Å². The lowest BCUT2D eigenvalue weighted by atomic mass is 10.1. The summed E-state index contributed by atoms with van der Waals surface area (Å²) in [6, 6.07) is -0.241. The molecular formula is C11H20N2O3. The Labute approximate surface area is 96.0 Å². The van der Waals surface area contributed by atoms with Gasteiger partial charge in [0.05, 0.1) is 6.04 Å². The van der Waals surface area contributed by atoms with Gasteiger partial charge in [0.2, 0.25) is 5.91 Å². The van der Waals surface area contributed by atoms with E-state index in [9.17, 15) is 9.59 Å². The van der Waals surface area contributed by atoms with Crippen LogP contribution in [-0.4, -0.2) is 59.5 Å². The Morgan fingerprint density at radius 3 is 2.75 bits per heavy atom. The number of aliphatic carboxylic acids is 1. The number of hydrogen-bond donors (Lipinski definition) is 1. The van der Waals surface area contributed by atoms with Gasteiger partial charge in [-0.25, -0.2) is 0 Å². The van der Waals surface area contributed by atoms with Gasteiger partial charge in [0.25, 0.3) is 0 Å². The Morgan fingerprint density at radius 1 is 1.50 bits per heavy atom. The summed E-state index contributed by atoms with van der Waals surface area (Å²) in [5, 5.41) is 8.67. The predicted molar refractivity (Wildman–Crippen MR) is 60.2 cm³/mol. The molecule has 1 rings (SSSR count). The fourth-order valence-electron chi connectivity index (χ4n) is 2.08. The summed E-state index contributed by atoms with van der Waals surface area (Å²) in [4.78, 5) is 26.3. The number of carbonyl (C=O) groups is 2. The molecule has 0 radical (unpaired) electrons. The summed E-state index contributed by atoms with van der Waals surface area (Å²) < 4.78 is 0. The fraction of sp³-hybridized carbons (Fsp3) is 0.818. The minimum atomic E-state index is -0.836. The van der Waals surface area contributed by atoms with Gasteiger partial charge < -0.3 is 10.0 Å². The van der Waals surface area contributed by atoms with E-state index in [2.05, 4.69) is 11.8 Å². The molecule has 5 nitrogen and oxygen atoms in total. The summed E-state index contributed by atoms with van der Waals surface area (Å²) in [7, 11) is 1.78. The first kappa shape index (κ1) is 13.0. The Hall–Kier alpha value is -1.10. The standard InChI is InChI=1S/C11H20N2O3/c1-3-6-13-8-7-12(2)11(16)9(13)4-5-10(14)15/h9H,3-8H2,1-2H3,(H,14,15). The van der Waals surface area contributed by atoms with Gasteiger partial charge >= 0.3 is 5.97 Å². The van der Waals surface area contributed by atoms with Gasteiger partial charge in [-0.15, -0.1) is 0 Å². The van der Waals surface area contributed by atoms with Gasteiger partial charge in [0, 0.05) is 26.6 Å². The highest BCUT2D eigenvalue weighted by atomic mass is 16.4. The van der Waals surface area contributed by atoms with Crippen molar-refractivity contribution in [1.82, 2.24) is 9.80 Å². The van der Waals surface area contributed by atoms with Gasteiger partial charge in [-0.05, 0) is 19.4 Å². The van der Waals surface area contributed by atoms with Crippen molar-refractivity contribution in [2.24, 2.45) is 0 Å². The normalized spacial score (nSPS) is 22.5. The zero-order valence-electron chi connectivity index (χ0n) is 9.98. The van der Waals surface area contributed by atoms with Crippen molar-refractivity contribution in [3.8, 4) is 0 Å². The summed E-state index contributed by atoms with van der Waals surface area (Å²) in [5.41, 5.74) is 0. The van der Waals surface area contributed by atoms with Crippen molar-refractivity contribution in [2.45, 2.75) is 32.2 Å². The Balaban J connectivity index is 2.61. The molecule has 0 aliphatic carbocycles. The SMILES string of the molecule is CCCN1CCN(C)C(=O)C1CCC(=O)O. The van der Waals surface area contributed by atoms with E-state index in [4.69, 9.17) is 5.11 Å². The van der Waals surface area contributed by atoms with E-state index in [1.54, 1.807) is 11.9 Å². The van der Waals surface area contributed by atoms with Crippen LogP contribution in [0, 0.1) is 0 Å². The summed E-state index contributed by atoms with van der Waals surface area (Å²) in [5.74, 6) is -0.779. The van der Waals surface area contributed by atoms with Crippen molar-refractivity contribution in [1.29, 1.82) is 0 Å². The molecule has 0 bridgehead atoms. The molecule has 5 heteroatoms. The third kappa shape index (κ3) is 3.20. The van der Waals surface area contributed by atoms with Crippen LogP contribution >= 0.6 is 0 Å². The molecule has 1 N–H and O–H groups in total. The topological polar surface area (TPSA) is 60.9 Å². The van der Waals surface area contributed by atoms with Crippen molar-refractivity contribution >= 4 is 11.9 Å². The lowest BCUT2D eigenvalue weighted by Gasteiger charge is -2.38. The zero-order chi connectivity index (χ0) is 12.1. The fourth-order valence-corrected chi connectivity index (χ4v) is 2.08. The Kier molecular flexibility index (Phi) is 4.73. The maximum Gasteiger partial charge on any atom is 0.303 e. The maximum absolute atomic E-state index is 11.9. The molecule has 1 aliphatic heterocycles. The van der Waals surface area contributed by atoms with Gasteiger partial charge in [0.15, 0.2) is 0 Å². The molecule has 0 aromatic heterocycles. The van der Waals surface area contributed by atoms with E-state index in [0.717, 1.165) is 26.1 Å². The number of hydrogen-bond acceptors (Lipinski definition) is 3. The third-order valence-corrected chi connectivity index (χ3v) is 2.97. The molecule has 1 aliphatic rings. The molecule has 0 saturated carbocycles. The number of carbonyl (C=O) groups excluding carboxylic acids is 1. The van der Waals surface area contributed by atoms with Gasteiger partial charge in [-0.2, -0.15) is 0 Å². The highest BCUT2D eigenvalue weighted by molar-refractivity contribution is 5.83. The van der Waals surface area contributed by atoms with Crippen molar-refractivity contribution in [3.05, 3.63) is 0 Å². The summed E-state index contributed by atoms with van der Waals surface area (Å²) in [6.07, 6.45) is 1.46. The second-order valence-electron chi connectivity index (χ2n) is 4.24. The first-order chi connectivity index (χ1) is 7.56. The largest absolute Gasteiger partial charge is 0.481 e. The van der Waals surface area contributed by atoms with Crippen LogP contribution in [0.3, 0.4) is 0 Å². The quantitative estimate of drug-likeness (QED) is 0.740. The molecule has 1 unspecified atom stereocenters. The molecule has 1 fully saturated rings. The molecule has 0 aromatic carbocycles. The highest BCUT2D eigenvalue weighted by Crippen LogP contribution is 2.15. The number of nitrogens with zero attached hydrogens (tertiary/aromatic N) is 2. The molecular weight excluding hydrogens is 208 g/mol. The van der Waals surface area contributed by atoms with Crippen molar-refractivity contribution < 1.29 is 14.7 Å². The van der Waals surface area contributed by atoms with Crippen LogP contribution in [0.5, 0.6) is 0 Å². The Morgan fingerprint density at radius 2 is 2.19 bits per heavy atom. The minimum absolute atomic E-state index is 0.0564. The molecule has 1 heterocycles. The van der Waals surface area contributed by atoms with E-state index in [1.165, 1.54) is 0 Å². The molecule has 1 atom stereocenters. The van der Waals surface area contributed by atoms with Gasteiger partial charge in [0.1, 0.15) is 0 Å². The van der Waals surface area contributed by atoms with E-state index < -0.39 is 5.97 Å². The lowest BCUT2D eigenvalue weighted by Crippen LogP contribution is -2.55. The number of carboxylic acids is 1. The van der Waals surface area contributed by atoms with Gasteiger partial charge in [-0.3, -0.25) is 14.5 Å². The predicted octanol–water partition coefficient (Wildman–Crippen LogP) is 0.404. The smallest absolute Gasteiger partial charge is 0.303 e. The van der Waals surface area contributed by atoms with E-state index >= 15 is 0 Å². The first-order valence-corrected chi connectivity index (χ1v) is 5.77. The van der Waals surface area contributed by atoms with Crippen LogP contribution in [0.1, 0.15) is 26.2 Å². The molecule has 1 saturated heterocycles. The number of rotatable bonds is 5. The first-order valence-electron chi connectivity index (χ1n) is 5.77. The monoisotopic (exact) mass is 228 g/mol. The third-order valence-electron chi connectivity index (χ3n) is 2.97. The average molecular weight is 228 g/mol. The zero-order valence-corrected chi connectivity index (χ0v) is 9.98. The average Bonchev–Trinajstić information content (AvgIpc) is 2.23. The lowest BCUT2D eigenvalue weighted by molar-refractivity contribution is -0.142. The molecule has 0 spiro atoms. The Bertz CT molecular complexity index is 268. The number of amides is 1. The van der Waals surface area contributed by atoms with E-state index in [1.807, 2.05) is 0 Å². The van der Waals surface area contributed by atoms with Crippen LogP contribution < -0.4 is 0 Å². The maximum atomic E-state index is 11.9. The number of carboxylic acid groups (broad SMARTS) is 1. The van der Waals surface area contributed by atoms with Crippen LogP contribution in [0.25, 0.3) is 0 Å². The van der Waals surface area contributed by atoms with Crippen LogP contribution in [0.2, 0.25) is 0 Å². The highest BCUT2D eigenvalue weighted by Gasteiger charge is 2.32. The minimum Gasteiger partial charge on any atom is -0.481 e. The second kappa shape index (κ2) is 5.84. The molecule has 16 heavy (non-hydrogen) atoms.